The summed E-state index contributed by atoms with van der Waals surface area (Å²) < 4.78 is 4.78. The summed E-state index contributed by atoms with van der Waals surface area (Å²) in [6.45, 7) is 0.739. The lowest BCUT2D eigenvalue weighted by Gasteiger charge is -2.39. The Morgan fingerprint density at radius 2 is 2.39 bits per heavy atom. The minimum atomic E-state index is -0.410. The number of carbonyl (C=O) groups excluding carboxylic acids is 2. The van der Waals surface area contributed by atoms with Crippen molar-refractivity contribution in [3.05, 3.63) is 24.3 Å². The fourth-order valence-electron chi connectivity index (χ4n) is 2.86. The third-order valence-electron chi connectivity index (χ3n) is 3.85. The van der Waals surface area contributed by atoms with Crippen LogP contribution in [0.3, 0.4) is 0 Å². The number of piperidine rings is 1. The van der Waals surface area contributed by atoms with Crippen LogP contribution < -0.4 is 5.32 Å². The predicted octanol–water partition coefficient (Wildman–Crippen LogP) is 1.58. The van der Waals surface area contributed by atoms with Gasteiger partial charge in [0.15, 0.2) is 0 Å². The molecule has 1 aliphatic heterocycles. The zero-order valence-electron chi connectivity index (χ0n) is 10.6. The molecule has 1 aliphatic carbocycles. The zero-order valence-corrected chi connectivity index (χ0v) is 10.6. The number of allylic oxidation sites excluding steroid dienone is 4. The van der Waals surface area contributed by atoms with Crippen LogP contribution in [0.5, 0.6) is 0 Å². The van der Waals surface area contributed by atoms with Gasteiger partial charge in [-0.15, -0.1) is 0 Å². The van der Waals surface area contributed by atoms with E-state index in [0.717, 1.165) is 25.8 Å². The summed E-state index contributed by atoms with van der Waals surface area (Å²) in [6, 6.07) is 0. The van der Waals surface area contributed by atoms with Crippen LogP contribution in [-0.4, -0.2) is 25.5 Å². The van der Waals surface area contributed by atoms with Gasteiger partial charge in [0.2, 0.25) is 5.91 Å². The molecule has 0 spiro atoms. The summed E-state index contributed by atoms with van der Waals surface area (Å²) in [7, 11) is 1.39. The van der Waals surface area contributed by atoms with Crippen molar-refractivity contribution in [3.8, 4) is 0 Å². The Labute approximate surface area is 107 Å². The van der Waals surface area contributed by atoms with E-state index in [1.807, 2.05) is 24.3 Å². The molecule has 2 rings (SSSR count). The zero-order chi connectivity index (χ0) is 13.0. The summed E-state index contributed by atoms with van der Waals surface area (Å²) in [5, 5.41) is 2.90. The molecule has 1 amide bonds. The van der Waals surface area contributed by atoms with Gasteiger partial charge in [0.25, 0.3) is 0 Å². The lowest BCUT2D eigenvalue weighted by Crippen LogP contribution is -2.46. The minimum absolute atomic E-state index is 0.0603. The van der Waals surface area contributed by atoms with Crippen molar-refractivity contribution < 1.29 is 14.3 Å². The van der Waals surface area contributed by atoms with Gasteiger partial charge in [0.05, 0.1) is 13.5 Å². The highest BCUT2D eigenvalue weighted by atomic mass is 16.5. The molecule has 0 bridgehead atoms. The second-order valence-corrected chi connectivity index (χ2v) is 4.96. The van der Waals surface area contributed by atoms with E-state index >= 15 is 0 Å². The van der Waals surface area contributed by atoms with Gasteiger partial charge in [-0.2, -0.15) is 0 Å². The molecule has 1 saturated heterocycles. The second kappa shape index (κ2) is 5.38. The molecule has 4 heteroatoms. The van der Waals surface area contributed by atoms with Crippen molar-refractivity contribution in [1.82, 2.24) is 5.32 Å². The van der Waals surface area contributed by atoms with Crippen LogP contribution in [0.2, 0.25) is 0 Å². The van der Waals surface area contributed by atoms with Crippen LogP contribution in [0, 0.1) is 11.3 Å². The Kier molecular flexibility index (Phi) is 3.84. The van der Waals surface area contributed by atoms with Crippen molar-refractivity contribution in [3.63, 3.8) is 0 Å². The standard InChI is InChI=1S/C14H19NO3/c1-18-12(16)10-14(7-3-2-4-8-14)11-6-5-9-15-13(11)17/h2-4,7,11H,5-6,8-10H2,1H3,(H,15,17)/t11-,14+/m1/s1. The average molecular weight is 249 g/mol. The third kappa shape index (κ3) is 2.47. The first kappa shape index (κ1) is 12.9. The van der Waals surface area contributed by atoms with E-state index in [0.29, 0.717) is 0 Å². The number of nitrogens with one attached hydrogen (secondary N) is 1. The Morgan fingerprint density at radius 1 is 1.56 bits per heavy atom. The summed E-state index contributed by atoms with van der Waals surface area (Å²) >= 11 is 0. The topological polar surface area (TPSA) is 55.4 Å². The first-order chi connectivity index (χ1) is 8.68. The van der Waals surface area contributed by atoms with E-state index in [9.17, 15) is 9.59 Å². The lowest BCUT2D eigenvalue weighted by atomic mass is 9.66. The SMILES string of the molecule is COC(=O)C[C@]1([C@@H]2CCCNC2=O)C=CC=CC1. The highest BCUT2D eigenvalue weighted by Gasteiger charge is 2.43. The van der Waals surface area contributed by atoms with E-state index in [-0.39, 0.29) is 24.2 Å². The van der Waals surface area contributed by atoms with E-state index in [1.165, 1.54) is 7.11 Å². The van der Waals surface area contributed by atoms with Crippen LogP contribution in [0.15, 0.2) is 24.3 Å². The molecule has 0 aromatic heterocycles. The molecular weight excluding hydrogens is 230 g/mol. The molecule has 1 fully saturated rings. The molecule has 0 aromatic carbocycles. The summed E-state index contributed by atoms with van der Waals surface area (Å²) in [4.78, 5) is 23.7. The third-order valence-corrected chi connectivity index (χ3v) is 3.85. The molecule has 0 radical (unpaired) electrons. The number of carbonyl (C=O) groups is 2. The van der Waals surface area contributed by atoms with E-state index < -0.39 is 5.41 Å². The van der Waals surface area contributed by atoms with Gasteiger partial charge in [-0.05, 0) is 19.3 Å². The fraction of sp³-hybridized carbons (Fsp3) is 0.571. The predicted molar refractivity (Wildman–Crippen MR) is 67.7 cm³/mol. The number of hydrogen-bond donors (Lipinski definition) is 1. The molecule has 18 heavy (non-hydrogen) atoms. The maximum absolute atomic E-state index is 12.0. The van der Waals surface area contributed by atoms with Gasteiger partial charge in [-0.1, -0.05) is 24.3 Å². The summed E-state index contributed by atoms with van der Waals surface area (Å²) in [5.74, 6) is -0.329. The molecule has 2 atom stereocenters. The quantitative estimate of drug-likeness (QED) is 0.773. The number of ether oxygens (including phenoxy) is 1. The molecule has 98 valence electrons. The van der Waals surface area contributed by atoms with Gasteiger partial charge in [0.1, 0.15) is 0 Å². The normalized spacial score (nSPS) is 30.9. The monoisotopic (exact) mass is 249 g/mol. The molecule has 2 aliphatic rings. The van der Waals surface area contributed by atoms with Crippen LogP contribution in [0.4, 0.5) is 0 Å². The van der Waals surface area contributed by atoms with Crippen molar-refractivity contribution in [1.29, 1.82) is 0 Å². The number of methoxy groups -OCH3 is 1. The molecule has 0 saturated carbocycles. The largest absolute Gasteiger partial charge is 0.469 e. The van der Waals surface area contributed by atoms with E-state index in [1.54, 1.807) is 0 Å². The highest BCUT2D eigenvalue weighted by Crippen LogP contribution is 2.43. The van der Waals surface area contributed by atoms with Gasteiger partial charge in [-0.25, -0.2) is 0 Å². The average Bonchev–Trinajstić information content (AvgIpc) is 2.40. The second-order valence-electron chi connectivity index (χ2n) is 4.96. The fourth-order valence-corrected chi connectivity index (χ4v) is 2.86. The Morgan fingerprint density at radius 3 is 3.00 bits per heavy atom. The highest BCUT2D eigenvalue weighted by molar-refractivity contribution is 5.82. The van der Waals surface area contributed by atoms with Crippen LogP contribution in [0.1, 0.15) is 25.7 Å². The van der Waals surface area contributed by atoms with Crippen LogP contribution in [0.25, 0.3) is 0 Å². The summed E-state index contributed by atoms with van der Waals surface area (Å²) in [6.07, 6.45) is 10.7. The maximum atomic E-state index is 12.0. The number of hydrogen-bond acceptors (Lipinski definition) is 3. The van der Waals surface area contributed by atoms with Crippen LogP contribution >= 0.6 is 0 Å². The lowest BCUT2D eigenvalue weighted by molar-refractivity contribution is -0.144. The number of esters is 1. The van der Waals surface area contributed by atoms with Crippen LogP contribution in [-0.2, 0) is 14.3 Å². The number of rotatable bonds is 3. The Hall–Kier alpha value is -1.58. The molecular formula is C14H19NO3. The van der Waals surface area contributed by atoms with E-state index in [2.05, 4.69) is 5.32 Å². The minimum Gasteiger partial charge on any atom is -0.469 e. The Balaban J connectivity index is 2.23. The van der Waals surface area contributed by atoms with Crippen molar-refractivity contribution in [2.75, 3.05) is 13.7 Å². The molecule has 1 N–H and O–H groups in total. The molecule has 0 aromatic rings. The maximum Gasteiger partial charge on any atom is 0.306 e. The van der Waals surface area contributed by atoms with Gasteiger partial charge < -0.3 is 10.1 Å². The van der Waals surface area contributed by atoms with Crippen molar-refractivity contribution in [2.45, 2.75) is 25.7 Å². The molecule has 1 heterocycles. The van der Waals surface area contributed by atoms with Gasteiger partial charge in [-0.3, -0.25) is 9.59 Å². The summed E-state index contributed by atoms with van der Waals surface area (Å²) in [5.41, 5.74) is -0.410. The first-order valence-electron chi connectivity index (χ1n) is 6.37. The van der Waals surface area contributed by atoms with E-state index in [4.69, 9.17) is 4.74 Å². The van der Waals surface area contributed by atoms with Crippen molar-refractivity contribution >= 4 is 11.9 Å². The smallest absolute Gasteiger partial charge is 0.306 e. The van der Waals surface area contributed by atoms with Gasteiger partial charge in [0, 0.05) is 17.9 Å². The van der Waals surface area contributed by atoms with Gasteiger partial charge >= 0.3 is 5.97 Å². The molecule has 4 nitrogen and oxygen atoms in total. The first-order valence-corrected chi connectivity index (χ1v) is 6.37. The molecule has 0 unspecified atom stereocenters. The van der Waals surface area contributed by atoms with Crippen molar-refractivity contribution in [2.24, 2.45) is 11.3 Å². The number of amides is 1. The Bertz CT molecular complexity index is 400.